The molecule has 0 amide bonds. The fourth-order valence-corrected chi connectivity index (χ4v) is 5.99. The molecule has 7 rings (SSSR count). The Hall–Kier alpha value is -3.80. The molecule has 4 aromatic rings. The molecule has 2 fully saturated rings. The summed E-state index contributed by atoms with van der Waals surface area (Å²) in [7, 11) is 0. The summed E-state index contributed by atoms with van der Waals surface area (Å²) < 4.78 is 18.3. The highest BCUT2D eigenvalue weighted by atomic mass is 16.5. The van der Waals surface area contributed by atoms with Crippen LogP contribution in [0, 0.1) is 0 Å². The zero-order valence-corrected chi connectivity index (χ0v) is 21.5. The fraction of sp³-hybridized carbons (Fsp3) is 0.273. The van der Waals surface area contributed by atoms with Gasteiger partial charge in [-0.3, -0.25) is 0 Å². The second-order valence-electron chi connectivity index (χ2n) is 10.1. The Balaban J connectivity index is 1.35. The largest absolute Gasteiger partial charge is 0.473 e. The van der Waals surface area contributed by atoms with Gasteiger partial charge in [0.05, 0.1) is 26.4 Å². The normalized spacial score (nSPS) is 21.3. The quantitative estimate of drug-likeness (QED) is 0.348. The molecule has 0 N–H and O–H groups in total. The molecule has 5 heteroatoms. The van der Waals surface area contributed by atoms with Crippen LogP contribution in [0.15, 0.2) is 91.0 Å². The average Bonchev–Trinajstić information content (AvgIpc) is 3.02. The molecule has 38 heavy (non-hydrogen) atoms. The molecular formula is C33H32N2O3. The van der Waals surface area contributed by atoms with E-state index in [1.807, 2.05) is 0 Å². The summed E-state index contributed by atoms with van der Waals surface area (Å²) in [6.07, 6.45) is 4.49. The zero-order chi connectivity index (χ0) is 25.4. The topological polar surface area (TPSA) is 34.2 Å². The van der Waals surface area contributed by atoms with Crippen molar-refractivity contribution in [2.24, 2.45) is 0 Å². The Bertz CT molecular complexity index is 1460. The van der Waals surface area contributed by atoms with Crippen molar-refractivity contribution in [1.29, 1.82) is 0 Å². The number of ether oxygens (including phenoxy) is 3. The Morgan fingerprint density at radius 3 is 1.92 bits per heavy atom. The third-order valence-electron chi connectivity index (χ3n) is 8.01. The molecule has 0 radical (unpaired) electrons. The molecule has 3 heterocycles. The molecule has 1 unspecified atom stereocenters. The van der Waals surface area contributed by atoms with Crippen molar-refractivity contribution in [3.8, 4) is 5.75 Å². The number of hydrogen-bond acceptors (Lipinski definition) is 5. The number of morpholine rings is 2. The van der Waals surface area contributed by atoms with Gasteiger partial charge in [0, 0.05) is 65.7 Å². The minimum atomic E-state index is -0.720. The maximum atomic E-state index is 7.14. The van der Waals surface area contributed by atoms with Crippen LogP contribution in [0.1, 0.15) is 16.7 Å². The van der Waals surface area contributed by atoms with Gasteiger partial charge in [-0.15, -0.1) is 0 Å². The number of benzene rings is 4. The molecule has 3 aliphatic rings. The van der Waals surface area contributed by atoms with E-state index in [2.05, 4.69) is 107 Å². The number of nitrogens with zero attached hydrogens (tertiary/aromatic N) is 2. The first-order chi connectivity index (χ1) is 18.8. The smallest absolute Gasteiger partial charge is 0.178 e. The maximum absolute atomic E-state index is 7.14. The highest BCUT2D eigenvalue weighted by Crippen LogP contribution is 2.47. The Kier molecular flexibility index (Phi) is 6.03. The maximum Gasteiger partial charge on any atom is 0.178 e. The molecule has 4 aromatic carbocycles. The minimum Gasteiger partial charge on any atom is -0.473 e. The van der Waals surface area contributed by atoms with E-state index in [9.17, 15) is 0 Å². The second kappa shape index (κ2) is 9.82. The summed E-state index contributed by atoms with van der Waals surface area (Å²) in [5, 5.41) is 2.47. The first kappa shape index (κ1) is 23.3. The van der Waals surface area contributed by atoms with E-state index in [-0.39, 0.29) is 0 Å². The molecular weight excluding hydrogens is 472 g/mol. The molecule has 0 saturated carbocycles. The van der Waals surface area contributed by atoms with Crippen LogP contribution in [0.3, 0.4) is 0 Å². The van der Waals surface area contributed by atoms with Crippen LogP contribution in [0.5, 0.6) is 5.75 Å². The van der Waals surface area contributed by atoms with Gasteiger partial charge in [0.25, 0.3) is 0 Å². The zero-order valence-electron chi connectivity index (χ0n) is 21.5. The van der Waals surface area contributed by atoms with Gasteiger partial charge in [-0.1, -0.05) is 66.7 Å². The molecule has 0 aliphatic carbocycles. The molecule has 1 atom stereocenters. The lowest BCUT2D eigenvalue weighted by atomic mass is 9.83. The van der Waals surface area contributed by atoms with Crippen LogP contribution >= 0.6 is 0 Å². The highest BCUT2D eigenvalue weighted by molar-refractivity contribution is 6.02. The first-order valence-electron chi connectivity index (χ1n) is 13.6. The van der Waals surface area contributed by atoms with Gasteiger partial charge in [-0.2, -0.15) is 0 Å². The molecule has 0 bridgehead atoms. The summed E-state index contributed by atoms with van der Waals surface area (Å²) in [4.78, 5) is 4.81. The van der Waals surface area contributed by atoms with Gasteiger partial charge in [-0.05, 0) is 29.7 Å². The predicted octanol–water partition coefficient (Wildman–Crippen LogP) is 5.86. The van der Waals surface area contributed by atoms with Gasteiger partial charge in [-0.25, -0.2) is 0 Å². The van der Waals surface area contributed by atoms with Gasteiger partial charge in [0.15, 0.2) is 5.60 Å². The lowest BCUT2D eigenvalue weighted by Gasteiger charge is -2.38. The third-order valence-corrected chi connectivity index (χ3v) is 8.01. The summed E-state index contributed by atoms with van der Waals surface area (Å²) in [5.74, 6) is 0.911. The lowest BCUT2D eigenvalue weighted by Crippen LogP contribution is -2.37. The first-order valence-corrected chi connectivity index (χ1v) is 13.6. The average molecular weight is 505 g/mol. The van der Waals surface area contributed by atoms with Crippen LogP contribution in [0.2, 0.25) is 0 Å². The van der Waals surface area contributed by atoms with Crippen LogP contribution in [0.4, 0.5) is 11.4 Å². The third kappa shape index (κ3) is 4.03. The van der Waals surface area contributed by atoms with Crippen molar-refractivity contribution in [3.05, 3.63) is 108 Å². The van der Waals surface area contributed by atoms with Crippen LogP contribution in [-0.4, -0.2) is 52.6 Å². The second-order valence-corrected chi connectivity index (χ2v) is 10.1. The van der Waals surface area contributed by atoms with E-state index < -0.39 is 5.60 Å². The van der Waals surface area contributed by atoms with Crippen molar-refractivity contribution >= 4 is 28.2 Å². The summed E-state index contributed by atoms with van der Waals surface area (Å²) >= 11 is 0. The van der Waals surface area contributed by atoms with Crippen molar-refractivity contribution in [2.75, 3.05) is 62.4 Å². The molecule has 5 nitrogen and oxygen atoms in total. The van der Waals surface area contributed by atoms with E-state index in [0.29, 0.717) is 0 Å². The van der Waals surface area contributed by atoms with E-state index >= 15 is 0 Å². The number of anilines is 2. The highest BCUT2D eigenvalue weighted by Gasteiger charge is 2.38. The summed E-state index contributed by atoms with van der Waals surface area (Å²) in [6, 6.07) is 30.3. The molecule has 192 valence electrons. The van der Waals surface area contributed by atoms with Gasteiger partial charge < -0.3 is 24.0 Å². The van der Waals surface area contributed by atoms with Crippen LogP contribution < -0.4 is 14.5 Å². The fourth-order valence-electron chi connectivity index (χ4n) is 5.99. The van der Waals surface area contributed by atoms with E-state index in [0.717, 1.165) is 75.0 Å². The SMILES string of the molecule is C1=CC(c2ccccc2)(c2ccc(N3CCOCC3)cc2)Oc2cc(N3CCOCC3)c3ccccc3c21. The molecule has 2 saturated heterocycles. The predicted molar refractivity (Wildman–Crippen MR) is 153 cm³/mol. The number of rotatable bonds is 4. The monoisotopic (exact) mass is 504 g/mol. The van der Waals surface area contributed by atoms with E-state index in [4.69, 9.17) is 14.2 Å². The van der Waals surface area contributed by atoms with Crippen molar-refractivity contribution in [2.45, 2.75) is 5.60 Å². The van der Waals surface area contributed by atoms with Gasteiger partial charge in [0.2, 0.25) is 0 Å². The number of fused-ring (bicyclic) bond motifs is 3. The van der Waals surface area contributed by atoms with Crippen molar-refractivity contribution in [3.63, 3.8) is 0 Å². The van der Waals surface area contributed by atoms with E-state index in [1.165, 1.54) is 22.1 Å². The molecule has 0 spiro atoms. The molecule has 0 aromatic heterocycles. The van der Waals surface area contributed by atoms with Crippen molar-refractivity contribution in [1.82, 2.24) is 0 Å². The number of hydrogen-bond donors (Lipinski definition) is 0. The van der Waals surface area contributed by atoms with Gasteiger partial charge in [0.1, 0.15) is 5.75 Å². The van der Waals surface area contributed by atoms with E-state index in [1.54, 1.807) is 0 Å². The summed E-state index contributed by atoms with van der Waals surface area (Å²) in [6.45, 7) is 6.65. The standard InChI is InChI=1S/C33H32N2O3/c1-2-6-25(7-3-1)33(26-10-12-27(13-11-26)34-16-20-36-21-17-34)15-14-30-28-8-4-5-9-29(28)31(24-32(30)38-33)35-18-22-37-23-19-35/h1-15,24H,16-23H2. The molecule has 3 aliphatic heterocycles. The minimum absolute atomic E-state index is 0.720. The Labute approximate surface area is 223 Å². The van der Waals surface area contributed by atoms with Crippen LogP contribution in [-0.2, 0) is 15.1 Å². The Morgan fingerprint density at radius 1 is 0.605 bits per heavy atom. The lowest BCUT2D eigenvalue weighted by molar-refractivity contribution is 0.122. The van der Waals surface area contributed by atoms with Crippen molar-refractivity contribution < 1.29 is 14.2 Å². The summed E-state index contributed by atoms with van der Waals surface area (Å²) in [5.41, 5.74) is 5.08. The van der Waals surface area contributed by atoms with Gasteiger partial charge >= 0.3 is 0 Å². The van der Waals surface area contributed by atoms with Crippen LogP contribution in [0.25, 0.3) is 16.8 Å². The Morgan fingerprint density at radius 2 is 1.21 bits per heavy atom.